The molecule has 24 heavy (non-hydrogen) atoms. The maximum absolute atomic E-state index is 12.5. The molecule has 1 amide bonds. The number of aromatic nitrogens is 3. The average Bonchev–Trinajstić information content (AvgIpc) is 2.96. The van der Waals surface area contributed by atoms with Crippen molar-refractivity contribution >= 4 is 17.8 Å². The van der Waals surface area contributed by atoms with Gasteiger partial charge in [0.15, 0.2) is 5.60 Å². The van der Waals surface area contributed by atoms with Crippen LogP contribution < -0.4 is 5.32 Å². The summed E-state index contributed by atoms with van der Waals surface area (Å²) in [6, 6.07) is 6.62. The second-order valence-corrected chi connectivity index (χ2v) is 5.41. The van der Waals surface area contributed by atoms with Crippen molar-refractivity contribution in [2.24, 2.45) is 0 Å². The summed E-state index contributed by atoms with van der Waals surface area (Å²) >= 11 is 0. The zero-order chi connectivity index (χ0) is 17.5. The van der Waals surface area contributed by atoms with Crippen molar-refractivity contribution in [2.45, 2.75) is 25.1 Å². The summed E-state index contributed by atoms with van der Waals surface area (Å²) in [5.74, 6) is -3.39. The number of rotatable bonds is 2. The van der Waals surface area contributed by atoms with E-state index in [1.165, 1.54) is 6.92 Å². The van der Waals surface area contributed by atoms with E-state index in [0.717, 1.165) is 0 Å². The van der Waals surface area contributed by atoms with Gasteiger partial charge in [-0.25, -0.2) is 4.79 Å². The molecule has 1 aliphatic rings. The first kappa shape index (κ1) is 16.0. The Kier molecular flexibility index (Phi) is 3.54. The monoisotopic (exact) mass is 340 g/mol. The van der Waals surface area contributed by atoms with E-state index >= 15 is 0 Å². The first-order chi connectivity index (χ1) is 11.2. The molecule has 1 unspecified atom stereocenters. The third-order valence-electron chi connectivity index (χ3n) is 3.54. The molecule has 0 bridgehead atoms. The van der Waals surface area contributed by atoms with E-state index in [9.17, 15) is 22.8 Å². The summed E-state index contributed by atoms with van der Waals surface area (Å²) in [5.41, 5.74) is -0.623. The normalized spacial score (nSPS) is 20.2. The Labute approximate surface area is 133 Å². The molecule has 1 aromatic heterocycles. The van der Waals surface area contributed by atoms with Crippen LogP contribution in [0.15, 0.2) is 24.3 Å². The van der Waals surface area contributed by atoms with Crippen molar-refractivity contribution in [2.75, 3.05) is 5.32 Å². The number of alkyl halides is 3. The molecule has 1 aliphatic heterocycles. The molecular weight excluding hydrogens is 329 g/mol. The number of nitrogens with one attached hydrogen (secondary N) is 2. The van der Waals surface area contributed by atoms with E-state index in [4.69, 9.17) is 4.74 Å². The number of cyclic esters (lactones) is 1. The van der Waals surface area contributed by atoms with Gasteiger partial charge in [0.25, 0.3) is 5.91 Å². The van der Waals surface area contributed by atoms with Gasteiger partial charge < -0.3 is 4.74 Å². The summed E-state index contributed by atoms with van der Waals surface area (Å²) in [6.07, 6.45) is -4.63. The van der Waals surface area contributed by atoms with Crippen LogP contribution in [0.3, 0.4) is 0 Å². The van der Waals surface area contributed by atoms with E-state index in [2.05, 4.69) is 15.4 Å². The number of nitrogens with zero attached hydrogens (tertiary/aromatic N) is 2. The predicted octanol–water partition coefficient (Wildman–Crippen LogP) is 1.93. The van der Waals surface area contributed by atoms with E-state index in [1.54, 1.807) is 29.4 Å². The second kappa shape index (κ2) is 5.32. The number of carbonyl (C=O) groups is 2. The van der Waals surface area contributed by atoms with Crippen molar-refractivity contribution in [1.29, 1.82) is 0 Å². The van der Waals surface area contributed by atoms with Crippen molar-refractivity contribution in [3.8, 4) is 0 Å². The summed E-state index contributed by atoms with van der Waals surface area (Å²) < 4.78 is 42.6. The van der Waals surface area contributed by atoms with Gasteiger partial charge in [-0.3, -0.25) is 15.2 Å². The first-order valence-corrected chi connectivity index (χ1v) is 6.81. The molecule has 0 saturated heterocycles. The van der Waals surface area contributed by atoms with Gasteiger partial charge in [-0.15, -0.1) is 5.10 Å². The molecule has 3 rings (SSSR count). The third-order valence-corrected chi connectivity index (χ3v) is 3.54. The zero-order valence-corrected chi connectivity index (χ0v) is 12.3. The largest absolute Gasteiger partial charge is 0.451 e. The lowest BCUT2D eigenvalue weighted by atomic mass is 9.89. The lowest BCUT2D eigenvalue weighted by Gasteiger charge is -2.32. The second-order valence-electron chi connectivity index (χ2n) is 5.41. The van der Waals surface area contributed by atoms with Crippen LogP contribution in [0.1, 0.15) is 28.7 Å². The van der Waals surface area contributed by atoms with Gasteiger partial charge in [0.2, 0.25) is 11.8 Å². The first-order valence-electron chi connectivity index (χ1n) is 6.81. The number of amides is 1. The minimum Gasteiger partial charge on any atom is -0.445 e. The molecule has 0 aliphatic carbocycles. The minimum atomic E-state index is -4.71. The fourth-order valence-corrected chi connectivity index (χ4v) is 2.34. The van der Waals surface area contributed by atoms with E-state index in [-0.39, 0.29) is 6.42 Å². The Morgan fingerprint density at radius 3 is 2.75 bits per heavy atom. The standard InChI is InChI=1S/C14H11F3N4O3/c1-13(6-7-4-2-3-5-8(7)9(22)24-13)11(23)19-12-18-10(20-21-12)14(15,16)17/h2-5H,6H2,1H3,(H2,18,19,20,21,23). The number of anilines is 1. The van der Waals surface area contributed by atoms with Crippen molar-refractivity contribution in [1.82, 2.24) is 15.2 Å². The van der Waals surface area contributed by atoms with Gasteiger partial charge in [0.1, 0.15) is 0 Å². The van der Waals surface area contributed by atoms with Crippen molar-refractivity contribution < 1.29 is 27.5 Å². The van der Waals surface area contributed by atoms with Gasteiger partial charge in [0.05, 0.1) is 5.56 Å². The van der Waals surface area contributed by atoms with Crippen LogP contribution >= 0.6 is 0 Å². The van der Waals surface area contributed by atoms with Crippen LogP contribution in [-0.2, 0) is 22.1 Å². The van der Waals surface area contributed by atoms with E-state index in [1.807, 2.05) is 0 Å². The number of fused-ring (bicyclic) bond motifs is 1. The molecule has 1 atom stereocenters. The summed E-state index contributed by atoms with van der Waals surface area (Å²) in [6.45, 7) is 1.37. The Bertz CT molecular complexity index is 818. The average molecular weight is 340 g/mol. The molecule has 2 aromatic rings. The minimum absolute atomic E-state index is 0.0807. The van der Waals surface area contributed by atoms with Gasteiger partial charge >= 0.3 is 12.1 Å². The number of ether oxygens (including phenoxy) is 1. The number of aromatic amines is 1. The summed E-state index contributed by atoms with van der Waals surface area (Å²) in [7, 11) is 0. The number of carbonyl (C=O) groups excluding carboxylic acids is 2. The molecule has 0 radical (unpaired) electrons. The lowest BCUT2D eigenvalue weighted by Crippen LogP contribution is -2.49. The topological polar surface area (TPSA) is 97.0 Å². The molecular formula is C14H11F3N4O3. The Morgan fingerprint density at radius 2 is 2.08 bits per heavy atom. The fraction of sp³-hybridized carbons (Fsp3) is 0.286. The molecule has 2 N–H and O–H groups in total. The summed E-state index contributed by atoms with van der Waals surface area (Å²) in [5, 5.41) is 7.09. The highest BCUT2D eigenvalue weighted by atomic mass is 19.4. The third kappa shape index (κ3) is 2.82. The molecule has 126 valence electrons. The maximum Gasteiger partial charge on any atom is 0.451 e. The number of esters is 1. The molecule has 10 heteroatoms. The van der Waals surface area contributed by atoms with E-state index in [0.29, 0.717) is 11.1 Å². The molecule has 0 saturated carbocycles. The molecule has 0 spiro atoms. The van der Waals surface area contributed by atoms with Crippen LogP contribution in [-0.4, -0.2) is 32.7 Å². The van der Waals surface area contributed by atoms with Crippen molar-refractivity contribution in [3.63, 3.8) is 0 Å². The molecule has 0 fully saturated rings. The van der Waals surface area contributed by atoms with Gasteiger partial charge in [-0.2, -0.15) is 18.2 Å². The Hall–Kier alpha value is -2.91. The number of hydrogen-bond donors (Lipinski definition) is 2. The SMILES string of the molecule is CC1(C(=O)Nc2n[nH]c(C(F)(F)F)n2)Cc2ccccc2C(=O)O1. The quantitative estimate of drug-likeness (QED) is 0.814. The fourth-order valence-electron chi connectivity index (χ4n) is 2.34. The van der Waals surface area contributed by atoms with Crippen molar-refractivity contribution in [3.05, 3.63) is 41.2 Å². The van der Waals surface area contributed by atoms with E-state index < -0.39 is 35.4 Å². The molecule has 7 nitrogen and oxygen atoms in total. The number of benzene rings is 1. The number of H-pyrrole nitrogens is 1. The maximum atomic E-state index is 12.5. The predicted molar refractivity (Wildman–Crippen MR) is 74.0 cm³/mol. The van der Waals surface area contributed by atoms with Crippen LogP contribution in [0.2, 0.25) is 0 Å². The highest BCUT2D eigenvalue weighted by Gasteiger charge is 2.43. The highest BCUT2D eigenvalue weighted by molar-refractivity contribution is 6.01. The van der Waals surface area contributed by atoms with Gasteiger partial charge in [-0.1, -0.05) is 18.2 Å². The Balaban J connectivity index is 1.80. The van der Waals surface area contributed by atoms with Gasteiger partial charge in [-0.05, 0) is 18.6 Å². The van der Waals surface area contributed by atoms with Crippen LogP contribution in [0, 0.1) is 0 Å². The highest BCUT2D eigenvalue weighted by Crippen LogP contribution is 2.30. The Morgan fingerprint density at radius 1 is 1.38 bits per heavy atom. The van der Waals surface area contributed by atoms with Crippen LogP contribution in [0.5, 0.6) is 0 Å². The molecule has 1 aromatic carbocycles. The van der Waals surface area contributed by atoms with Crippen LogP contribution in [0.25, 0.3) is 0 Å². The van der Waals surface area contributed by atoms with Gasteiger partial charge in [0, 0.05) is 6.42 Å². The number of halogens is 3. The lowest BCUT2D eigenvalue weighted by molar-refractivity contribution is -0.144. The zero-order valence-electron chi connectivity index (χ0n) is 12.3. The number of hydrogen-bond acceptors (Lipinski definition) is 5. The summed E-state index contributed by atoms with van der Waals surface area (Å²) in [4.78, 5) is 27.5. The molecule has 2 heterocycles. The van der Waals surface area contributed by atoms with Crippen LogP contribution in [0.4, 0.5) is 19.1 Å². The smallest absolute Gasteiger partial charge is 0.445 e.